The normalized spacial score (nSPS) is 19.8. The van der Waals surface area contributed by atoms with Crippen molar-refractivity contribution in [3.63, 3.8) is 0 Å². The minimum atomic E-state index is 0. The lowest BCUT2D eigenvalue weighted by Crippen LogP contribution is -2.43. The van der Waals surface area contributed by atoms with E-state index >= 15 is 0 Å². The number of benzene rings is 1. The molecule has 1 heterocycles. The van der Waals surface area contributed by atoms with Crippen LogP contribution in [-0.2, 0) is 6.54 Å². The molecule has 0 amide bonds. The van der Waals surface area contributed by atoms with Gasteiger partial charge in [0.25, 0.3) is 0 Å². The maximum atomic E-state index is 5.55. The van der Waals surface area contributed by atoms with Crippen LogP contribution in [0.1, 0.15) is 25.3 Å². The fraction of sp³-hybridized carbons (Fsp3) is 0.600. The highest BCUT2D eigenvalue weighted by molar-refractivity contribution is 5.85. The van der Waals surface area contributed by atoms with E-state index in [0.29, 0.717) is 6.04 Å². The van der Waals surface area contributed by atoms with Crippen LogP contribution in [-0.4, -0.2) is 37.7 Å². The number of ether oxygens (including phenoxy) is 1. The molecule has 19 heavy (non-hydrogen) atoms. The number of likely N-dealkylation sites (N-methyl/N-ethyl adjacent to an activating group) is 1. The third-order valence-corrected chi connectivity index (χ3v) is 3.53. The maximum Gasteiger partial charge on any atom is 0.119 e. The molecule has 1 aromatic carbocycles. The molecule has 1 aromatic rings. The van der Waals surface area contributed by atoms with E-state index < -0.39 is 0 Å². The summed E-state index contributed by atoms with van der Waals surface area (Å²) in [5, 5.41) is 3.38. The fourth-order valence-electron chi connectivity index (χ4n) is 2.59. The van der Waals surface area contributed by atoms with Gasteiger partial charge >= 0.3 is 0 Å². The maximum absolute atomic E-state index is 5.55. The van der Waals surface area contributed by atoms with Gasteiger partial charge in [-0.15, -0.1) is 12.4 Å². The second-order valence-electron chi connectivity index (χ2n) is 4.94. The first-order chi connectivity index (χ1) is 8.81. The first-order valence-corrected chi connectivity index (χ1v) is 6.93. The average molecular weight is 285 g/mol. The number of halogens is 1. The number of rotatable bonds is 5. The lowest BCUT2D eigenvalue weighted by Gasteiger charge is -2.32. The summed E-state index contributed by atoms with van der Waals surface area (Å²) in [5.41, 5.74) is 1.35. The van der Waals surface area contributed by atoms with E-state index in [2.05, 4.69) is 35.5 Å². The Balaban J connectivity index is 0.00000180. The molecular weight excluding hydrogens is 260 g/mol. The van der Waals surface area contributed by atoms with E-state index in [-0.39, 0.29) is 12.4 Å². The Morgan fingerprint density at radius 1 is 1.42 bits per heavy atom. The van der Waals surface area contributed by atoms with Crippen molar-refractivity contribution < 1.29 is 4.74 Å². The van der Waals surface area contributed by atoms with Gasteiger partial charge in [0.15, 0.2) is 0 Å². The van der Waals surface area contributed by atoms with Gasteiger partial charge in [0, 0.05) is 19.1 Å². The zero-order valence-electron chi connectivity index (χ0n) is 11.9. The van der Waals surface area contributed by atoms with Crippen LogP contribution in [0.3, 0.4) is 0 Å². The van der Waals surface area contributed by atoms with E-state index in [4.69, 9.17) is 4.74 Å². The summed E-state index contributed by atoms with van der Waals surface area (Å²) in [4.78, 5) is 2.52. The molecule has 0 saturated carbocycles. The Morgan fingerprint density at radius 3 is 3.00 bits per heavy atom. The second-order valence-corrected chi connectivity index (χ2v) is 4.94. The van der Waals surface area contributed by atoms with Crippen molar-refractivity contribution in [2.24, 2.45) is 0 Å². The predicted octanol–water partition coefficient (Wildman–Crippen LogP) is 2.69. The van der Waals surface area contributed by atoms with Crippen molar-refractivity contribution in [2.45, 2.75) is 32.4 Å². The molecule has 1 N–H and O–H groups in total. The number of likely N-dealkylation sites (tertiary alicyclic amines) is 1. The Bertz CT molecular complexity index is 373. The van der Waals surface area contributed by atoms with Gasteiger partial charge in [0.2, 0.25) is 0 Å². The van der Waals surface area contributed by atoms with Gasteiger partial charge in [-0.3, -0.25) is 4.90 Å². The largest absolute Gasteiger partial charge is 0.494 e. The van der Waals surface area contributed by atoms with Gasteiger partial charge < -0.3 is 10.1 Å². The third-order valence-electron chi connectivity index (χ3n) is 3.53. The van der Waals surface area contributed by atoms with Crippen molar-refractivity contribution >= 4 is 12.4 Å². The highest BCUT2D eigenvalue weighted by Gasteiger charge is 2.18. The molecule has 0 bridgehead atoms. The fourth-order valence-corrected chi connectivity index (χ4v) is 2.59. The van der Waals surface area contributed by atoms with E-state index in [9.17, 15) is 0 Å². The first kappa shape index (κ1) is 16.3. The number of nitrogens with one attached hydrogen (secondary N) is 1. The highest BCUT2D eigenvalue weighted by atomic mass is 35.5. The molecule has 1 aliphatic rings. The van der Waals surface area contributed by atoms with Crippen molar-refractivity contribution in [1.29, 1.82) is 0 Å². The van der Waals surface area contributed by atoms with Crippen LogP contribution in [0.2, 0.25) is 0 Å². The van der Waals surface area contributed by atoms with Crippen LogP contribution in [0.5, 0.6) is 5.75 Å². The molecular formula is C15H25ClN2O. The van der Waals surface area contributed by atoms with Crippen molar-refractivity contribution in [2.75, 3.05) is 26.7 Å². The minimum Gasteiger partial charge on any atom is -0.494 e. The standard InChI is InChI=1S/C15H24N2O.ClH/c1-3-18-15-8-4-6-13(10-15)11-17-9-5-7-14(12-17)16-2;/h4,6,8,10,14,16H,3,5,7,9,11-12H2,1-2H3;1H. The average Bonchev–Trinajstić information content (AvgIpc) is 2.40. The molecule has 108 valence electrons. The van der Waals surface area contributed by atoms with Gasteiger partial charge in [-0.05, 0) is 51.1 Å². The lowest BCUT2D eigenvalue weighted by atomic mass is 10.1. The van der Waals surface area contributed by atoms with Gasteiger partial charge in [-0.25, -0.2) is 0 Å². The summed E-state index contributed by atoms with van der Waals surface area (Å²) >= 11 is 0. The Morgan fingerprint density at radius 2 is 2.26 bits per heavy atom. The number of piperidine rings is 1. The summed E-state index contributed by atoms with van der Waals surface area (Å²) in [6.45, 7) is 6.13. The molecule has 4 heteroatoms. The monoisotopic (exact) mass is 284 g/mol. The summed E-state index contributed by atoms with van der Waals surface area (Å²) in [7, 11) is 2.06. The second kappa shape index (κ2) is 8.41. The van der Waals surface area contributed by atoms with Crippen LogP contribution in [0.15, 0.2) is 24.3 Å². The summed E-state index contributed by atoms with van der Waals surface area (Å²) < 4.78 is 5.55. The van der Waals surface area contributed by atoms with Crippen molar-refractivity contribution in [3.8, 4) is 5.75 Å². The topological polar surface area (TPSA) is 24.5 Å². The SMILES string of the molecule is CCOc1cccc(CN2CCCC(NC)C2)c1.Cl. The van der Waals surface area contributed by atoms with Gasteiger partial charge in [-0.1, -0.05) is 12.1 Å². The summed E-state index contributed by atoms with van der Waals surface area (Å²) in [6.07, 6.45) is 2.59. The van der Waals surface area contributed by atoms with Crippen LogP contribution in [0, 0.1) is 0 Å². The molecule has 0 spiro atoms. The van der Waals surface area contributed by atoms with Crippen LogP contribution in [0.25, 0.3) is 0 Å². The zero-order valence-corrected chi connectivity index (χ0v) is 12.7. The quantitative estimate of drug-likeness (QED) is 0.900. The van der Waals surface area contributed by atoms with E-state index in [1.165, 1.54) is 24.9 Å². The Kier molecular flexibility index (Phi) is 7.21. The molecule has 1 fully saturated rings. The lowest BCUT2D eigenvalue weighted by molar-refractivity contribution is 0.188. The van der Waals surface area contributed by atoms with Gasteiger partial charge in [0.05, 0.1) is 6.61 Å². The highest BCUT2D eigenvalue weighted by Crippen LogP contribution is 2.17. The molecule has 1 atom stereocenters. The van der Waals surface area contributed by atoms with E-state index in [0.717, 1.165) is 25.4 Å². The first-order valence-electron chi connectivity index (χ1n) is 6.93. The van der Waals surface area contributed by atoms with Crippen LogP contribution >= 0.6 is 12.4 Å². The summed E-state index contributed by atoms with van der Waals surface area (Å²) in [5.74, 6) is 0.983. The van der Waals surface area contributed by atoms with Gasteiger partial charge in [-0.2, -0.15) is 0 Å². The molecule has 1 saturated heterocycles. The predicted molar refractivity (Wildman–Crippen MR) is 82.2 cm³/mol. The molecule has 1 unspecified atom stereocenters. The summed E-state index contributed by atoms with van der Waals surface area (Å²) in [6, 6.07) is 9.10. The van der Waals surface area contributed by atoms with E-state index in [1.807, 2.05) is 13.0 Å². The molecule has 1 aliphatic heterocycles. The third kappa shape index (κ3) is 5.01. The minimum absolute atomic E-state index is 0. The molecule has 0 aromatic heterocycles. The number of hydrogen-bond donors (Lipinski definition) is 1. The van der Waals surface area contributed by atoms with Gasteiger partial charge in [0.1, 0.15) is 5.75 Å². The molecule has 2 rings (SSSR count). The van der Waals surface area contributed by atoms with E-state index in [1.54, 1.807) is 0 Å². The van der Waals surface area contributed by atoms with Crippen LogP contribution in [0.4, 0.5) is 0 Å². The Labute approximate surface area is 122 Å². The molecule has 0 radical (unpaired) electrons. The molecule has 0 aliphatic carbocycles. The number of hydrogen-bond acceptors (Lipinski definition) is 3. The number of nitrogens with zero attached hydrogens (tertiary/aromatic N) is 1. The smallest absolute Gasteiger partial charge is 0.119 e. The molecule has 3 nitrogen and oxygen atoms in total. The van der Waals surface area contributed by atoms with Crippen molar-refractivity contribution in [1.82, 2.24) is 10.2 Å². The zero-order chi connectivity index (χ0) is 12.8. The Hall–Kier alpha value is -0.770. The van der Waals surface area contributed by atoms with Crippen molar-refractivity contribution in [3.05, 3.63) is 29.8 Å². The van der Waals surface area contributed by atoms with Crippen LogP contribution < -0.4 is 10.1 Å².